The van der Waals surface area contributed by atoms with Crippen molar-refractivity contribution in [1.82, 2.24) is 5.32 Å². The topological polar surface area (TPSA) is 25.2 Å². The van der Waals surface area contributed by atoms with E-state index in [-0.39, 0.29) is 0 Å². The molecule has 90 valence electrons. The van der Waals surface area contributed by atoms with Crippen LogP contribution in [0.5, 0.6) is 0 Å². The van der Waals surface area contributed by atoms with Gasteiger partial charge in [0.15, 0.2) is 0 Å². The standard InChI is InChI=1S/C14H16BrNO/c1-3-13-12(9-16-8-10(2)15)11-6-4-5-7-14(11)17-13/h4-7,16H,2-3,8-9H2,1H3. The number of fused-ring (bicyclic) bond motifs is 1. The zero-order valence-electron chi connectivity index (χ0n) is 9.92. The Morgan fingerprint density at radius 2 is 2.18 bits per heavy atom. The molecule has 0 spiro atoms. The number of furan rings is 1. The van der Waals surface area contributed by atoms with Gasteiger partial charge in [-0.2, -0.15) is 0 Å². The molecule has 1 N–H and O–H groups in total. The van der Waals surface area contributed by atoms with Crippen molar-refractivity contribution in [2.75, 3.05) is 6.54 Å². The molecule has 3 heteroatoms. The summed E-state index contributed by atoms with van der Waals surface area (Å²) in [5.74, 6) is 1.07. The highest BCUT2D eigenvalue weighted by atomic mass is 79.9. The first kappa shape index (κ1) is 12.4. The molecule has 2 aromatic rings. The zero-order chi connectivity index (χ0) is 12.3. The summed E-state index contributed by atoms with van der Waals surface area (Å²) >= 11 is 3.34. The molecule has 0 bridgehead atoms. The quantitative estimate of drug-likeness (QED) is 0.902. The largest absolute Gasteiger partial charge is 0.461 e. The predicted molar refractivity (Wildman–Crippen MR) is 75.4 cm³/mol. The van der Waals surface area contributed by atoms with Gasteiger partial charge in [0.1, 0.15) is 11.3 Å². The van der Waals surface area contributed by atoms with E-state index < -0.39 is 0 Å². The van der Waals surface area contributed by atoms with E-state index >= 15 is 0 Å². The third-order valence-corrected chi connectivity index (χ3v) is 3.00. The lowest BCUT2D eigenvalue weighted by Gasteiger charge is -2.03. The molecule has 2 rings (SSSR count). The van der Waals surface area contributed by atoms with E-state index in [0.717, 1.165) is 35.3 Å². The Hall–Kier alpha value is -1.06. The summed E-state index contributed by atoms with van der Waals surface area (Å²) in [6, 6.07) is 8.17. The molecule has 0 unspecified atom stereocenters. The fourth-order valence-electron chi connectivity index (χ4n) is 1.95. The second-order valence-electron chi connectivity index (χ2n) is 3.97. The summed E-state index contributed by atoms with van der Waals surface area (Å²) in [5.41, 5.74) is 2.23. The van der Waals surface area contributed by atoms with Gasteiger partial charge < -0.3 is 9.73 Å². The third kappa shape index (κ3) is 2.79. The molecule has 0 fully saturated rings. The summed E-state index contributed by atoms with van der Waals surface area (Å²) in [4.78, 5) is 0. The molecule has 0 saturated heterocycles. The van der Waals surface area contributed by atoms with Crippen molar-refractivity contribution in [1.29, 1.82) is 0 Å². The third-order valence-electron chi connectivity index (χ3n) is 2.72. The first-order chi connectivity index (χ1) is 8.22. The van der Waals surface area contributed by atoms with Crippen molar-refractivity contribution in [3.8, 4) is 0 Å². The van der Waals surface area contributed by atoms with Gasteiger partial charge in [-0.05, 0) is 6.07 Å². The molecular formula is C14H16BrNO. The van der Waals surface area contributed by atoms with Crippen LogP contribution in [0.3, 0.4) is 0 Å². The average molecular weight is 294 g/mol. The molecule has 1 heterocycles. The van der Waals surface area contributed by atoms with Gasteiger partial charge in [0.05, 0.1) is 0 Å². The number of halogens is 1. The first-order valence-electron chi connectivity index (χ1n) is 5.75. The molecule has 17 heavy (non-hydrogen) atoms. The fraction of sp³-hybridized carbons (Fsp3) is 0.286. The number of nitrogens with one attached hydrogen (secondary N) is 1. The van der Waals surface area contributed by atoms with E-state index in [4.69, 9.17) is 4.42 Å². The molecule has 1 aromatic carbocycles. The van der Waals surface area contributed by atoms with Crippen LogP contribution in [0.25, 0.3) is 11.0 Å². The van der Waals surface area contributed by atoms with Crippen LogP contribution in [0.15, 0.2) is 39.7 Å². The molecule has 0 aliphatic rings. The van der Waals surface area contributed by atoms with Gasteiger partial charge >= 0.3 is 0 Å². The Labute approximate surface area is 110 Å². The van der Waals surface area contributed by atoms with E-state index in [0.29, 0.717) is 0 Å². The van der Waals surface area contributed by atoms with E-state index in [1.807, 2.05) is 18.2 Å². The van der Waals surface area contributed by atoms with Crippen LogP contribution in [0.1, 0.15) is 18.2 Å². The van der Waals surface area contributed by atoms with Crippen LogP contribution in [-0.2, 0) is 13.0 Å². The molecular weight excluding hydrogens is 278 g/mol. The highest BCUT2D eigenvalue weighted by Crippen LogP contribution is 2.26. The smallest absolute Gasteiger partial charge is 0.134 e. The Morgan fingerprint density at radius 1 is 1.41 bits per heavy atom. The molecule has 2 nitrogen and oxygen atoms in total. The minimum absolute atomic E-state index is 0.767. The lowest BCUT2D eigenvalue weighted by Crippen LogP contribution is -2.15. The van der Waals surface area contributed by atoms with E-state index in [9.17, 15) is 0 Å². The maximum Gasteiger partial charge on any atom is 0.134 e. The van der Waals surface area contributed by atoms with Gasteiger partial charge in [-0.25, -0.2) is 0 Å². The summed E-state index contributed by atoms with van der Waals surface area (Å²) in [6.07, 6.45) is 0.918. The van der Waals surface area contributed by atoms with Crippen molar-refractivity contribution in [3.05, 3.63) is 46.7 Å². The fourth-order valence-corrected chi connectivity index (χ4v) is 2.15. The summed E-state index contributed by atoms with van der Waals surface area (Å²) in [5, 5.41) is 4.55. The van der Waals surface area contributed by atoms with Crippen molar-refractivity contribution in [2.24, 2.45) is 0 Å². The van der Waals surface area contributed by atoms with Gasteiger partial charge in [-0.1, -0.05) is 47.6 Å². The van der Waals surface area contributed by atoms with Crippen molar-refractivity contribution in [2.45, 2.75) is 19.9 Å². The van der Waals surface area contributed by atoms with Crippen LogP contribution in [0.4, 0.5) is 0 Å². The molecule has 1 aromatic heterocycles. The average Bonchev–Trinajstić information content (AvgIpc) is 2.67. The Balaban J connectivity index is 2.27. The van der Waals surface area contributed by atoms with Gasteiger partial charge in [-0.3, -0.25) is 0 Å². The normalized spacial score (nSPS) is 10.9. The van der Waals surface area contributed by atoms with E-state index in [1.54, 1.807) is 0 Å². The molecule has 0 aliphatic carbocycles. The number of aryl methyl sites for hydroxylation is 1. The van der Waals surface area contributed by atoms with Crippen molar-refractivity contribution in [3.63, 3.8) is 0 Å². The predicted octanol–water partition coefficient (Wildman–Crippen LogP) is 3.99. The van der Waals surface area contributed by atoms with Gasteiger partial charge in [-0.15, -0.1) is 0 Å². The van der Waals surface area contributed by atoms with Crippen LogP contribution >= 0.6 is 15.9 Å². The molecule has 0 saturated carbocycles. The number of rotatable bonds is 5. The Kier molecular flexibility index (Phi) is 4.02. The maximum absolute atomic E-state index is 5.83. The zero-order valence-corrected chi connectivity index (χ0v) is 11.5. The Bertz CT molecular complexity index is 530. The summed E-state index contributed by atoms with van der Waals surface area (Å²) in [7, 11) is 0. The second-order valence-corrected chi connectivity index (χ2v) is 5.10. The molecule has 0 amide bonds. The van der Waals surface area contributed by atoms with Crippen molar-refractivity contribution >= 4 is 26.9 Å². The summed E-state index contributed by atoms with van der Waals surface area (Å²) in [6.45, 7) is 7.50. The van der Waals surface area contributed by atoms with Gasteiger partial charge in [0, 0.05) is 34.9 Å². The van der Waals surface area contributed by atoms with Gasteiger partial charge in [0.2, 0.25) is 0 Å². The number of para-hydroxylation sites is 1. The number of hydrogen-bond donors (Lipinski definition) is 1. The van der Waals surface area contributed by atoms with E-state index in [2.05, 4.69) is 40.8 Å². The lowest BCUT2D eigenvalue weighted by atomic mass is 10.1. The van der Waals surface area contributed by atoms with Crippen LogP contribution in [-0.4, -0.2) is 6.54 Å². The number of hydrogen-bond acceptors (Lipinski definition) is 2. The minimum Gasteiger partial charge on any atom is -0.461 e. The summed E-state index contributed by atoms with van der Waals surface area (Å²) < 4.78 is 6.79. The molecule has 0 radical (unpaired) electrons. The Morgan fingerprint density at radius 3 is 2.88 bits per heavy atom. The number of benzene rings is 1. The van der Waals surface area contributed by atoms with Crippen LogP contribution in [0.2, 0.25) is 0 Å². The lowest BCUT2D eigenvalue weighted by molar-refractivity contribution is 0.546. The highest BCUT2D eigenvalue weighted by molar-refractivity contribution is 9.11. The van der Waals surface area contributed by atoms with E-state index in [1.165, 1.54) is 10.9 Å². The van der Waals surface area contributed by atoms with Crippen molar-refractivity contribution < 1.29 is 4.42 Å². The van der Waals surface area contributed by atoms with Crippen LogP contribution in [0, 0.1) is 0 Å². The molecule has 0 atom stereocenters. The first-order valence-corrected chi connectivity index (χ1v) is 6.55. The highest BCUT2D eigenvalue weighted by Gasteiger charge is 2.11. The van der Waals surface area contributed by atoms with Crippen LogP contribution < -0.4 is 5.32 Å². The molecule has 0 aliphatic heterocycles. The second kappa shape index (κ2) is 5.52. The SMILES string of the molecule is C=C(Br)CNCc1c(CC)oc2ccccc12. The monoisotopic (exact) mass is 293 g/mol. The van der Waals surface area contributed by atoms with Gasteiger partial charge in [0.25, 0.3) is 0 Å². The minimum atomic E-state index is 0.767. The maximum atomic E-state index is 5.83.